The highest BCUT2D eigenvalue weighted by molar-refractivity contribution is 7.09. The molecule has 1 heterocycles. The van der Waals surface area contributed by atoms with E-state index in [9.17, 15) is 5.11 Å². The van der Waals surface area contributed by atoms with Crippen LogP contribution in [0.5, 0.6) is 0 Å². The zero-order valence-electron chi connectivity index (χ0n) is 10.9. The second-order valence-electron chi connectivity index (χ2n) is 5.74. The number of aryl methyl sites for hydroxylation is 1. The minimum atomic E-state index is -0.264. The molecule has 16 heavy (non-hydrogen) atoms. The summed E-state index contributed by atoms with van der Waals surface area (Å²) in [6, 6.07) is 0. The largest absolute Gasteiger partial charge is 0.393 e. The van der Waals surface area contributed by atoms with Crippen molar-refractivity contribution in [3.63, 3.8) is 0 Å². The number of thiazole rings is 1. The van der Waals surface area contributed by atoms with E-state index in [2.05, 4.69) is 32.7 Å². The standard InChI is InChI=1S/C13H23NOS/c1-9(13(3,4)5)6-11(15)7-12-14-10(2)8-16-12/h8-9,11,15H,6-7H2,1-5H3. The highest BCUT2D eigenvalue weighted by Gasteiger charge is 2.23. The normalized spacial score (nSPS) is 16.1. The average Bonchev–Trinajstić information content (AvgIpc) is 2.49. The van der Waals surface area contributed by atoms with Gasteiger partial charge < -0.3 is 5.11 Å². The maximum absolute atomic E-state index is 10.0. The molecule has 0 saturated carbocycles. The zero-order chi connectivity index (χ0) is 12.3. The first kappa shape index (κ1) is 13.7. The van der Waals surface area contributed by atoms with Gasteiger partial charge in [-0.2, -0.15) is 0 Å². The van der Waals surface area contributed by atoms with Crippen molar-refractivity contribution in [2.75, 3.05) is 0 Å². The van der Waals surface area contributed by atoms with Crippen LogP contribution in [-0.2, 0) is 6.42 Å². The van der Waals surface area contributed by atoms with Crippen molar-refractivity contribution >= 4 is 11.3 Å². The molecule has 1 aromatic rings. The van der Waals surface area contributed by atoms with Crippen molar-refractivity contribution < 1.29 is 5.11 Å². The minimum Gasteiger partial charge on any atom is -0.393 e. The summed E-state index contributed by atoms with van der Waals surface area (Å²) in [5, 5.41) is 13.1. The van der Waals surface area contributed by atoms with E-state index in [1.165, 1.54) is 0 Å². The molecule has 2 atom stereocenters. The van der Waals surface area contributed by atoms with Crippen molar-refractivity contribution in [3.8, 4) is 0 Å². The summed E-state index contributed by atoms with van der Waals surface area (Å²) in [6.07, 6.45) is 1.28. The molecule has 0 fully saturated rings. The second-order valence-corrected chi connectivity index (χ2v) is 6.69. The van der Waals surface area contributed by atoms with Gasteiger partial charge in [0.05, 0.1) is 11.1 Å². The molecule has 0 amide bonds. The van der Waals surface area contributed by atoms with Crippen molar-refractivity contribution in [2.45, 2.75) is 53.6 Å². The summed E-state index contributed by atoms with van der Waals surface area (Å²) in [4.78, 5) is 4.38. The average molecular weight is 241 g/mol. The lowest BCUT2D eigenvalue weighted by Crippen LogP contribution is -2.24. The fourth-order valence-electron chi connectivity index (χ4n) is 1.54. The molecule has 1 N–H and O–H groups in total. The number of aromatic nitrogens is 1. The minimum absolute atomic E-state index is 0.264. The molecule has 0 aliphatic rings. The van der Waals surface area contributed by atoms with Gasteiger partial charge in [-0.05, 0) is 24.7 Å². The predicted octanol–water partition coefficient (Wildman–Crippen LogP) is 3.43. The summed E-state index contributed by atoms with van der Waals surface area (Å²) >= 11 is 1.64. The Balaban J connectivity index is 2.45. The summed E-state index contributed by atoms with van der Waals surface area (Å²) in [5.41, 5.74) is 1.32. The molecule has 0 bridgehead atoms. The Bertz CT molecular complexity index is 327. The van der Waals surface area contributed by atoms with E-state index in [-0.39, 0.29) is 11.5 Å². The van der Waals surface area contributed by atoms with Crippen LogP contribution in [0.25, 0.3) is 0 Å². The lowest BCUT2D eigenvalue weighted by atomic mass is 9.78. The molecular weight excluding hydrogens is 218 g/mol. The van der Waals surface area contributed by atoms with Crippen molar-refractivity contribution in [3.05, 3.63) is 16.1 Å². The van der Waals surface area contributed by atoms with E-state index in [0.717, 1.165) is 17.1 Å². The van der Waals surface area contributed by atoms with Crippen LogP contribution in [0.2, 0.25) is 0 Å². The Morgan fingerprint density at radius 3 is 2.50 bits per heavy atom. The van der Waals surface area contributed by atoms with Crippen LogP contribution in [0.1, 0.15) is 44.8 Å². The Morgan fingerprint density at radius 1 is 1.44 bits per heavy atom. The molecule has 3 heteroatoms. The number of aliphatic hydroxyl groups is 1. The molecule has 0 aromatic carbocycles. The van der Waals surface area contributed by atoms with Gasteiger partial charge in [0, 0.05) is 17.5 Å². The molecule has 0 saturated heterocycles. The smallest absolute Gasteiger partial charge is 0.0953 e. The molecule has 1 rings (SSSR count). The van der Waals surface area contributed by atoms with Gasteiger partial charge >= 0.3 is 0 Å². The first-order chi connectivity index (χ1) is 7.29. The van der Waals surface area contributed by atoms with Gasteiger partial charge in [-0.15, -0.1) is 11.3 Å². The van der Waals surface area contributed by atoms with Gasteiger partial charge in [-0.25, -0.2) is 4.98 Å². The van der Waals surface area contributed by atoms with Gasteiger partial charge in [0.25, 0.3) is 0 Å². The monoisotopic (exact) mass is 241 g/mol. The van der Waals surface area contributed by atoms with Crippen molar-refractivity contribution in [2.24, 2.45) is 11.3 Å². The Morgan fingerprint density at radius 2 is 2.06 bits per heavy atom. The molecule has 1 aromatic heterocycles. The molecule has 0 radical (unpaired) electrons. The van der Waals surface area contributed by atoms with Gasteiger partial charge in [-0.3, -0.25) is 0 Å². The van der Waals surface area contributed by atoms with E-state index in [4.69, 9.17) is 0 Å². The van der Waals surface area contributed by atoms with Crippen LogP contribution < -0.4 is 0 Å². The number of hydrogen-bond donors (Lipinski definition) is 1. The van der Waals surface area contributed by atoms with Crippen LogP contribution in [0.4, 0.5) is 0 Å². The van der Waals surface area contributed by atoms with Crippen LogP contribution in [-0.4, -0.2) is 16.2 Å². The Hall–Kier alpha value is -0.410. The van der Waals surface area contributed by atoms with Crippen LogP contribution in [0.15, 0.2) is 5.38 Å². The molecule has 92 valence electrons. The second kappa shape index (κ2) is 5.28. The zero-order valence-corrected chi connectivity index (χ0v) is 11.8. The quantitative estimate of drug-likeness (QED) is 0.876. The van der Waals surface area contributed by atoms with Crippen molar-refractivity contribution in [1.29, 1.82) is 0 Å². The van der Waals surface area contributed by atoms with Gasteiger partial charge in [-0.1, -0.05) is 27.7 Å². The summed E-state index contributed by atoms with van der Waals surface area (Å²) in [6.45, 7) is 10.9. The molecular formula is C13H23NOS. The fraction of sp³-hybridized carbons (Fsp3) is 0.769. The lowest BCUT2D eigenvalue weighted by molar-refractivity contribution is 0.110. The highest BCUT2D eigenvalue weighted by Crippen LogP contribution is 2.29. The van der Waals surface area contributed by atoms with Gasteiger partial charge in [0.2, 0.25) is 0 Å². The summed E-state index contributed by atoms with van der Waals surface area (Å²) in [5.74, 6) is 0.517. The molecule has 0 aliphatic carbocycles. The van der Waals surface area contributed by atoms with Crippen LogP contribution >= 0.6 is 11.3 Å². The number of hydrogen-bond acceptors (Lipinski definition) is 3. The van der Waals surface area contributed by atoms with Crippen LogP contribution in [0.3, 0.4) is 0 Å². The third-order valence-corrected chi connectivity index (χ3v) is 4.17. The fourth-order valence-corrected chi connectivity index (χ4v) is 2.39. The number of aliphatic hydroxyl groups excluding tert-OH is 1. The molecule has 0 spiro atoms. The predicted molar refractivity (Wildman–Crippen MR) is 69.8 cm³/mol. The first-order valence-corrected chi connectivity index (χ1v) is 6.76. The Labute approximate surface area is 103 Å². The maximum atomic E-state index is 10.0. The van der Waals surface area contributed by atoms with Crippen molar-refractivity contribution in [1.82, 2.24) is 4.98 Å². The van der Waals surface area contributed by atoms with Crippen LogP contribution in [0, 0.1) is 18.3 Å². The number of nitrogens with zero attached hydrogens (tertiary/aromatic N) is 1. The number of rotatable bonds is 4. The molecule has 2 unspecified atom stereocenters. The summed E-state index contributed by atoms with van der Waals surface area (Å²) in [7, 11) is 0. The topological polar surface area (TPSA) is 33.1 Å². The summed E-state index contributed by atoms with van der Waals surface area (Å²) < 4.78 is 0. The van der Waals surface area contributed by atoms with E-state index in [1.807, 2.05) is 12.3 Å². The van der Waals surface area contributed by atoms with E-state index in [1.54, 1.807) is 11.3 Å². The van der Waals surface area contributed by atoms with E-state index in [0.29, 0.717) is 12.3 Å². The van der Waals surface area contributed by atoms with E-state index >= 15 is 0 Å². The first-order valence-electron chi connectivity index (χ1n) is 5.88. The van der Waals surface area contributed by atoms with Gasteiger partial charge in [0.15, 0.2) is 0 Å². The molecule has 2 nitrogen and oxygen atoms in total. The van der Waals surface area contributed by atoms with E-state index < -0.39 is 0 Å². The Kier molecular flexibility index (Phi) is 4.51. The SMILES string of the molecule is Cc1csc(CC(O)CC(C)C(C)(C)C)n1. The molecule has 0 aliphatic heterocycles. The maximum Gasteiger partial charge on any atom is 0.0953 e. The third kappa shape index (κ3) is 4.22. The van der Waals surface area contributed by atoms with Gasteiger partial charge in [0.1, 0.15) is 0 Å². The lowest BCUT2D eigenvalue weighted by Gasteiger charge is -2.28. The highest BCUT2D eigenvalue weighted by atomic mass is 32.1. The third-order valence-electron chi connectivity index (χ3n) is 3.18.